The number of para-hydroxylation sites is 1. The number of carboxylic acids is 1. The zero-order chi connectivity index (χ0) is 30.6. The summed E-state index contributed by atoms with van der Waals surface area (Å²) >= 11 is 0. The Kier molecular flexibility index (Phi) is 8.58. The molecule has 0 saturated carbocycles. The summed E-state index contributed by atoms with van der Waals surface area (Å²) in [5, 5.41) is 11.7. The number of hydrogen-bond donors (Lipinski definition) is 2. The molecule has 0 radical (unpaired) electrons. The average molecular weight is 573 g/mol. The predicted octanol–water partition coefficient (Wildman–Crippen LogP) is 7.18. The van der Waals surface area contributed by atoms with Crippen molar-refractivity contribution in [2.45, 2.75) is 45.1 Å². The molecular formula is C37H36N2O4. The first kappa shape index (κ1) is 29.5. The van der Waals surface area contributed by atoms with Crippen LogP contribution in [0.4, 0.5) is 0 Å². The van der Waals surface area contributed by atoms with Crippen LogP contribution >= 0.6 is 0 Å². The number of nitrogens with zero attached hydrogens (tertiary/aromatic N) is 1. The normalized spacial score (nSPS) is 12.5. The van der Waals surface area contributed by atoms with Gasteiger partial charge in [0, 0.05) is 49.0 Å². The van der Waals surface area contributed by atoms with Gasteiger partial charge in [0.1, 0.15) is 5.78 Å². The largest absolute Gasteiger partial charge is 0.479 e. The molecular weight excluding hydrogens is 536 g/mol. The molecule has 6 heteroatoms. The minimum Gasteiger partial charge on any atom is -0.479 e. The Morgan fingerprint density at radius 1 is 0.814 bits per heavy atom. The zero-order valence-electron chi connectivity index (χ0n) is 24.8. The first-order chi connectivity index (χ1) is 20.7. The standard InChI is InChI=1S/C37H36N2O4/c1-25-19-26(2)21-30(20-25)35(41)39(3)37(36(42)43,22-31-24-38-34-12-8-7-11-33(31)34)23-32(40)18-15-27-13-16-29(17-14-27)28-9-5-4-6-10-28/h4-14,16-17,19-21,24,38H,15,18,22-23H2,1-3H3,(H,42,43)/t37-/m0/s1. The number of benzene rings is 4. The van der Waals surface area contributed by atoms with Crippen molar-refractivity contribution in [1.82, 2.24) is 9.88 Å². The molecule has 0 unspecified atom stereocenters. The fraction of sp³-hybridized carbons (Fsp3) is 0.216. The van der Waals surface area contributed by atoms with Crippen molar-refractivity contribution < 1.29 is 19.5 Å². The Balaban J connectivity index is 1.42. The van der Waals surface area contributed by atoms with Gasteiger partial charge in [-0.15, -0.1) is 0 Å². The summed E-state index contributed by atoms with van der Waals surface area (Å²) in [5.41, 5.74) is 5.23. The van der Waals surface area contributed by atoms with Crippen molar-refractivity contribution in [3.05, 3.63) is 131 Å². The molecule has 1 heterocycles. The highest BCUT2D eigenvalue weighted by molar-refractivity contribution is 6.00. The number of aromatic amines is 1. The number of nitrogens with one attached hydrogen (secondary N) is 1. The highest BCUT2D eigenvalue weighted by Crippen LogP contribution is 2.31. The number of amides is 1. The minimum absolute atomic E-state index is 0.0170. The van der Waals surface area contributed by atoms with Gasteiger partial charge in [-0.25, -0.2) is 4.79 Å². The molecule has 0 aliphatic carbocycles. The number of aryl methyl sites for hydroxylation is 3. The van der Waals surface area contributed by atoms with Crippen molar-refractivity contribution in [3.8, 4) is 11.1 Å². The number of carbonyl (C=O) groups excluding carboxylic acids is 2. The predicted molar refractivity (Wildman–Crippen MR) is 170 cm³/mol. The van der Waals surface area contributed by atoms with Crippen LogP contribution in [0.2, 0.25) is 0 Å². The van der Waals surface area contributed by atoms with E-state index in [0.717, 1.165) is 44.3 Å². The highest BCUT2D eigenvalue weighted by atomic mass is 16.4. The van der Waals surface area contributed by atoms with Gasteiger partial charge in [0.2, 0.25) is 0 Å². The molecule has 1 aromatic heterocycles. The minimum atomic E-state index is -1.78. The van der Waals surface area contributed by atoms with E-state index in [4.69, 9.17) is 0 Å². The lowest BCUT2D eigenvalue weighted by atomic mass is 9.82. The van der Waals surface area contributed by atoms with Gasteiger partial charge in [-0.2, -0.15) is 0 Å². The second-order valence-electron chi connectivity index (χ2n) is 11.4. The molecule has 5 rings (SSSR count). The number of likely N-dealkylation sites (N-methyl/N-ethyl adjacent to an activating group) is 1. The van der Waals surface area contributed by atoms with Gasteiger partial charge in [0.25, 0.3) is 5.91 Å². The summed E-state index contributed by atoms with van der Waals surface area (Å²) < 4.78 is 0. The Hall–Kier alpha value is -4.97. The Bertz CT molecular complexity index is 1750. The number of Topliss-reactive ketones (excluding diaryl/α,β-unsaturated/α-hetero) is 1. The van der Waals surface area contributed by atoms with Crippen LogP contribution in [0.1, 0.15) is 45.5 Å². The van der Waals surface area contributed by atoms with Crippen LogP contribution in [0, 0.1) is 13.8 Å². The van der Waals surface area contributed by atoms with E-state index in [1.54, 1.807) is 18.3 Å². The van der Waals surface area contributed by atoms with E-state index in [0.29, 0.717) is 12.0 Å². The molecule has 2 N–H and O–H groups in total. The van der Waals surface area contributed by atoms with Gasteiger partial charge < -0.3 is 15.0 Å². The van der Waals surface area contributed by atoms with Crippen LogP contribution in [0.5, 0.6) is 0 Å². The third-order valence-electron chi connectivity index (χ3n) is 8.21. The molecule has 0 spiro atoms. The number of fused-ring (bicyclic) bond motifs is 1. The summed E-state index contributed by atoms with van der Waals surface area (Å²) in [7, 11) is 1.50. The molecule has 218 valence electrons. The molecule has 1 amide bonds. The van der Waals surface area contributed by atoms with Crippen molar-refractivity contribution in [2.75, 3.05) is 7.05 Å². The van der Waals surface area contributed by atoms with Crippen LogP contribution in [0.15, 0.2) is 103 Å². The number of ketones is 1. The summed E-state index contributed by atoms with van der Waals surface area (Å²) in [5.74, 6) is -1.86. The Morgan fingerprint density at radius 2 is 1.44 bits per heavy atom. The smallest absolute Gasteiger partial charge is 0.330 e. The summed E-state index contributed by atoms with van der Waals surface area (Å²) in [4.78, 5) is 45.1. The zero-order valence-corrected chi connectivity index (χ0v) is 24.8. The Labute approximate surface area is 252 Å². The second kappa shape index (κ2) is 12.5. The van der Waals surface area contributed by atoms with E-state index in [9.17, 15) is 19.5 Å². The molecule has 43 heavy (non-hydrogen) atoms. The number of carbonyl (C=O) groups is 3. The maximum absolute atomic E-state index is 13.8. The van der Waals surface area contributed by atoms with E-state index in [1.807, 2.05) is 98.8 Å². The topological polar surface area (TPSA) is 90.5 Å². The second-order valence-corrected chi connectivity index (χ2v) is 11.4. The van der Waals surface area contributed by atoms with E-state index in [-0.39, 0.29) is 25.0 Å². The monoisotopic (exact) mass is 572 g/mol. The molecule has 0 aliphatic rings. The van der Waals surface area contributed by atoms with Crippen LogP contribution in [-0.4, -0.2) is 45.2 Å². The van der Waals surface area contributed by atoms with Gasteiger partial charge in [-0.3, -0.25) is 9.59 Å². The van der Waals surface area contributed by atoms with Crippen LogP contribution in [0.25, 0.3) is 22.0 Å². The van der Waals surface area contributed by atoms with Gasteiger partial charge in [-0.1, -0.05) is 90.0 Å². The molecule has 6 nitrogen and oxygen atoms in total. The molecule has 0 bridgehead atoms. The Morgan fingerprint density at radius 3 is 2.12 bits per heavy atom. The molecule has 5 aromatic rings. The van der Waals surface area contributed by atoms with Crippen molar-refractivity contribution in [3.63, 3.8) is 0 Å². The van der Waals surface area contributed by atoms with E-state index >= 15 is 0 Å². The van der Waals surface area contributed by atoms with Crippen LogP contribution in [0.3, 0.4) is 0 Å². The van der Waals surface area contributed by atoms with Gasteiger partial charge in [0.15, 0.2) is 5.54 Å². The summed E-state index contributed by atoms with van der Waals surface area (Å²) in [6, 6.07) is 31.2. The van der Waals surface area contributed by atoms with E-state index < -0.39 is 17.4 Å². The molecule has 0 fully saturated rings. The maximum Gasteiger partial charge on any atom is 0.330 e. The SMILES string of the molecule is Cc1cc(C)cc(C(=O)N(C)[C@](CC(=O)CCc2ccc(-c3ccccc3)cc2)(Cc2c[nH]c3ccccc23)C(=O)O)c1. The lowest BCUT2D eigenvalue weighted by Gasteiger charge is -2.38. The summed E-state index contributed by atoms with van der Waals surface area (Å²) in [6.07, 6.45) is 2.09. The highest BCUT2D eigenvalue weighted by Gasteiger charge is 2.47. The lowest BCUT2D eigenvalue weighted by Crippen LogP contribution is -2.58. The van der Waals surface area contributed by atoms with Crippen molar-refractivity contribution in [2.24, 2.45) is 0 Å². The van der Waals surface area contributed by atoms with Gasteiger partial charge in [0.05, 0.1) is 0 Å². The van der Waals surface area contributed by atoms with Gasteiger partial charge >= 0.3 is 5.97 Å². The number of aliphatic carboxylic acids is 1. The maximum atomic E-state index is 13.8. The first-order valence-electron chi connectivity index (χ1n) is 14.5. The van der Waals surface area contributed by atoms with E-state index in [2.05, 4.69) is 4.98 Å². The van der Waals surface area contributed by atoms with Gasteiger partial charge in [-0.05, 0) is 60.7 Å². The number of aromatic nitrogens is 1. The van der Waals surface area contributed by atoms with E-state index in [1.165, 1.54) is 11.9 Å². The number of hydrogen-bond acceptors (Lipinski definition) is 3. The molecule has 1 atom stereocenters. The third kappa shape index (κ3) is 6.44. The molecule has 0 aliphatic heterocycles. The average Bonchev–Trinajstić information content (AvgIpc) is 3.41. The lowest BCUT2D eigenvalue weighted by molar-refractivity contribution is -0.151. The quantitative estimate of drug-likeness (QED) is 0.175. The van der Waals surface area contributed by atoms with Crippen molar-refractivity contribution in [1.29, 1.82) is 0 Å². The first-order valence-corrected chi connectivity index (χ1v) is 14.5. The molecule has 0 saturated heterocycles. The fourth-order valence-corrected chi connectivity index (χ4v) is 5.87. The fourth-order valence-electron chi connectivity index (χ4n) is 5.87. The third-order valence-corrected chi connectivity index (χ3v) is 8.21. The number of carboxylic acid groups (broad SMARTS) is 1. The van der Waals surface area contributed by atoms with Crippen LogP contribution < -0.4 is 0 Å². The summed E-state index contributed by atoms with van der Waals surface area (Å²) in [6.45, 7) is 3.80. The van der Waals surface area contributed by atoms with Crippen LogP contribution in [-0.2, 0) is 22.4 Å². The number of rotatable bonds is 11. The van der Waals surface area contributed by atoms with Crippen molar-refractivity contribution >= 4 is 28.6 Å². The number of H-pyrrole nitrogens is 1. The molecule has 4 aromatic carbocycles.